The van der Waals surface area contributed by atoms with Crippen molar-refractivity contribution in [2.24, 2.45) is 23.7 Å². The van der Waals surface area contributed by atoms with Gasteiger partial charge < -0.3 is 14.8 Å². The Kier molecular flexibility index (Phi) is 5.76. The lowest BCUT2D eigenvalue weighted by molar-refractivity contribution is -0.571. The third kappa shape index (κ3) is 3.75. The Morgan fingerprint density at radius 1 is 1.25 bits per heavy atom. The molecule has 1 aromatic rings. The highest BCUT2D eigenvalue weighted by Crippen LogP contribution is 2.60. The molecule has 1 saturated carbocycles. The molecule has 4 aliphatic heterocycles. The van der Waals surface area contributed by atoms with Gasteiger partial charge in [-0.3, -0.25) is 4.79 Å². The van der Waals surface area contributed by atoms with Crippen LogP contribution >= 0.6 is 0 Å². The summed E-state index contributed by atoms with van der Waals surface area (Å²) < 4.78 is 26.1. The normalized spacial score (nSPS) is 42.8. The predicted octanol–water partition coefficient (Wildman–Crippen LogP) is 3.87. The van der Waals surface area contributed by atoms with Crippen LogP contribution in [0.2, 0.25) is 0 Å². The Labute approximate surface area is 188 Å². The predicted molar refractivity (Wildman–Crippen MR) is 112 cm³/mol. The molecule has 0 aromatic carbocycles. The van der Waals surface area contributed by atoms with E-state index in [1.165, 1.54) is 12.3 Å². The van der Waals surface area contributed by atoms with Gasteiger partial charge in [0, 0.05) is 31.5 Å². The van der Waals surface area contributed by atoms with Gasteiger partial charge in [-0.15, -0.1) is 0 Å². The molecule has 32 heavy (non-hydrogen) atoms. The molecular weight excluding hydrogens is 415 g/mol. The van der Waals surface area contributed by atoms with Crippen LogP contribution in [0.25, 0.3) is 0 Å². The molecule has 1 aliphatic carbocycles. The number of carbonyl (C=O) groups excluding carboxylic acids is 1. The maximum Gasteiger partial charge on any atom is 0.220 e. The number of nitrogens with zero attached hydrogens (tertiary/aromatic N) is 1. The smallest absolute Gasteiger partial charge is 0.220 e. The molecule has 1 amide bonds. The molecule has 6 rings (SSSR count). The van der Waals surface area contributed by atoms with Crippen LogP contribution in [0.15, 0.2) is 18.3 Å². The molecule has 8 heteroatoms. The number of amides is 1. The number of ether oxygens (including phenoxy) is 2. The molecule has 1 N–H and O–H groups in total. The summed E-state index contributed by atoms with van der Waals surface area (Å²) in [6.45, 7) is 6.70. The molecule has 4 saturated heterocycles. The molecule has 5 fully saturated rings. The van der Waals surface area contributed by atoms with Crippen molar-refractivity contribution >= 4 is 5.91 Å². The van der Waals surface area contributed by atoms with Crippen LogP contribution in [-0.4, -0.2) is 34.7 Å². The molecule has 5 heterocycles. The van der Waals surface area contributed by atoms with Gasteiger partial charge in [-0.25, -0.2) is 14.8 Å². The largest absolute Gasteiger partial charge is 0.352 e. The van der Waals surface area contributed by atoms with Gasteiger partial charge in [0.2, 0.25) is 17.6 Å². The first-order chi connectivity index (χ1) is 15.3. The van der Waals surface area contributed by atoms with E-state index in [1.54, 1.807) is 6.07 Å². The van der Waals surface area contributed by atoms with Crippen LogP contribution in [0.1, 0.15) is 64.9 Å². The molecule has 8 atom stereocenters. The summed E-state index contributed by atoms with van der Waals surface area (Å²) in [6.07, 6.45) is 5.74. The van der Waals surface area contributed by atoms with E-state index in [2.05, 4.69) is 24.1 Å². The lowest BCUT2D eigenvalue weighted by Crippen LogP contribution is -2.70. The van der Waals surface area contributed by atoms with Crippen molar-refractivity contribution in [3.63, 3.8) is 0 Å². The number of fused-ring (bicyclic) bond motifs is 2. The number of aromatic nitrogens is 1. The zero-order chi connectivity index (χ0) is 22.5. The Bertz CT molecular complexity index is 871. The summed E-state index contributed by atoms with van der Waals surface area (Å²) in [5, 5.41) is 2.86. The highest BCUT2D eigenvalue weighted by molar-refractivity contribution is 5.75. The summed E-state index contributed by atoms with van der Waals surface area (Å²) in [7, 11) is 0. The molecule has 1 unspecified atom stereocenters. The summed E-state index contributed by atoms with van der Waals surface area (Å²) >= 11 is 0. The van der Waals surface area contributed by atoms with E-state index in [1.807, 2.05) is 6.92 Å². The molecule has 1 aromatic heterocycles. The van der Waals surface area contributed by atoms with E-state index in [9.17, 15) is 9.18 Å². The fourth-order valence-corrected chi connectivity index (χ4v) is 6.42. The van der Waals surface area contributed by atoms with Gasteiger partial charge in [0.15, 0.2) is 11.9 Å². The van der Waals surface area contributed by atoms with Crippen LogP contribution in [0, 0.1) is 29.6 Å². The number of hydrogen-bond donors (Lipinski definition) is 1. The Morgan fingerprint density at radius 2 is 2.09 bits per heavy atom. The van der Waals surface area contributed by atoms with E-state index >= 15 is 0 Å². The van der Waals surface area contributed by atoms with Crippen molar-refractivity contribution in [3.05, 3.63) is 29.8 Å². The fourth-order valence-electron chi connectivity index (χ4n) is 6.42. The third-order valence-electron chi connectivity index (χ3n) is 8.23. The van der Waals surface area contributed by atoms with Crippen molar-refractivity contribution < 1.29 is 28.4 Å². The van der Waals surface area contributed by atoms with Gasteiger partial charge in [0.25, 0.3) is 0 Å². The lowest BCUT2D eigenvalue weighted by atomic mass is 9.57. The van der Waals surface area contributed by atoms with Gasteiger partial charge in [-0.05, 0) is 68.1 Å². The SMILES string of the molecule is C[C@H]1[C@@H](CCC(=O)NCc2ccnc(F)c2)O[C@@H]2OC3(C)CC[C@H]4[C@H](C)CC[C@@H]1[C@@]24OO3. The second-order valence-corrected chi connectivity index (χ2v) is 10.2. The maximum atomic E-state index is 13.2. The second kappa shape index (κ2) is 8.31. The quantitative estimate of drug-likeness (QED) is 0.544. The van der Waals surface area contributed by atoms with E-state index in [0.29, 0.717) is 30.2 Å². The topological polar surface area (TPSA) is 78.9 Å². The molecular formula is C24H33FN2O5. The minimum atomic E-state index is -0.792. The van der Waals surface area contributed by atoms with E-state index < -0.39 is 23.6 Å². The van der Waals surface area contributed by atoms with Crippen molar-refractivity contribution in [2.75, 3.05) is 0 Å². The third-order valence-corrected chi connectivity index (χ3v) is 8.23. The summed E-state index contributed by atoms with van der Waals surface area (Å²) in [6, 6.07) is 3.02. The van der Waals surface area contributed by atoms with Gasteiger partial charge in [0.05, 0.1) is 6.10 Å². The van der Waals surface area contributed by atoms with Crippen LogP contribution in [0.3, 0.4) is 0 Å². The summed E-state index contributed by atoms with van der Waals surface area (Å²) in [5.41, 5.74) is 0.114. The van der Waals surface area contributed by atoms with E-state index in [-0.39, 0.29) is 30.4 Å². The first kappa shape index (κ1) is 22.2. The number of hydrogen-bond acceptors (Lipinski definition) is 6. The van der Waals surface area contributed by atoms with Gasteiger partial charge in [-0.2, -0.15) is 4.39 Å². The monoisotopic (exact) mass is 448 g/mol. The number of carbonyl (C=O) groups is 1. The molecule has 7 nitrogen and oxygen atoms in total. The first-order valence-corrected chi connectivity index (χ1v) is 11.9. The minimum absolute atomic E-state index is 0.0803. The Balaban J connectivity index is 1.25. The van der Waals surface area contributed by atoms with Crippen molar-refractivity contribution in [3.8, 4) is 0 Å². The van der Waals surface area contributed by atoms with Crippen LogP contribution in [0.5, 0.6) is 0 Å². The van der Waals surface area contributed by atoms with Crippen molar-refractivity contribution in [1.29, 1.82) is 0 Å². The van der Waals surface area contributed by atoms with Crippen LogP contribution < -0.4 is 5.32 Å². The number of nitrogens with one attached hydrogen (secondary N) is 1. The van der Waals surface area contributed by atoms with Crippen molar-refractivity contribution in [2.45, 2.75) is 89.6 Å². The molecule has 1 spiro atoms. The highest BCUT2D eigenvalue weighted by atomic mass is 19.1. The average Bonchev–Trinajstić information content (AvgIpc) is 3.00. The maximum absolute atomic E-state index is 13.2. The minimum Gasteiger partial charge on any atom is -0.352 e. The fraction of sp³-hybridized carbons (Fsp3) is 0.750. The second-order valence-electron chi connectivity index (χ2n) is 10.2. The first-order valence-electron chi connectivity index (χ1n) is 11.9. The average molecular weight is 449 g/mol. The highest BCUT2D eigenvalue weighted by Gasteiger charge is 2.69. The Hall–Kier alpha value is -1.61. The molecule has 2 bridgehead atoms. The zero-order valence-corrected chi connectivity index (χ0v) is 19.0. The van der Waals surface area contributed by atoms with Gasteiger partial charge >= 0.3 is 0 Å². The van der Waals surface area contributed by atoms with Crippen molar-refractivity contribution in [1.82, 2.24) is 10.3 Å². The number of halogens is 1. The van der Waals surface area contributed by atoms with E-state index in [4.69, 9.17) is 19.2 Å². The number of pyridine rings is 1. The Morgan fingerprint density at radius 3 is 2.91 bits per heavy atom. The summed E-state index contributed by atoms with van der Waals surface area (Å²) in [4.78, 5) is 28.0. The summed E-state index contributed by atoms with van der Waals surface area (Å²) in [5.74, 6) is -0.0764. The molecule has 5 aliphatic rings. The van der Waals surface area contributed by atoms with Gasteiger partial charge in [-0.1, -0.05) is 13.8 Å². The molecule has 176 valence electrons. The van der Waals surface area contributed by atoms with Crippen LogP contribution in [0.4, 0.5) is 4.39 Å². The van der Waals surface area contributed by atoms with E-state index in [0.717, 1.165) is 25.7 Å². The van der Waals surface area contributed by atoms with Crippen LogP contribution in [-0.2, 0) is 30.6 Å². The lowest BCUT2D eigenvalue weighted by Gasteiger charge is -2.60. The zero-order valence-electron chi connectivity index (χ0n) is 19.0. The van der Waals surface area contributed by atoms with Gasteiger partial charge in [0.1, 0.15) is 0 Å². The number of rotatable bonds is 5. The standard InChI is InChI=1S/C24H33FN2O5/c1-14-4-5-18-15(2)19(6-7-21(28)27-13-16-9-11-26-20(25)12-16)29-22-24(18)17(14)8-10-23(3,30-22)31-32-24/h9,11-12,14-15,17-19,22H,4-8,10,13H2,1-3H3,(H,27,28)/t14-,15-,17+,18+,19-,22-,23?,24-/m1/s1. The molecule has 0 radical (unpaired) electrons.